The Morgan fingerprint density at radius 2 is 1.74 bits per heavy atom. The van der Waals surface area contributed by atoms with E-state index in [-0.39, 0.29) is 17.9 Å². The predicted molar refractivity (Wildman–Crippen MR) is 102 cm³/mol. The Morgan fingerprint density at radius 3 is 2.33 bits per heavy atom. The number of esters is 1. The van der Waals surface area contributed by atoms with Crippen molar-refractivity contribution in [1.82, 2.24) is 5.32 Å². The van der Waals surface area contributed by atoms with Crippen LogP contribution in [0.3, 0.4) is 0 Å². The van der Waals surface area contributed by atoms with Crippen molar-refractivity contribution in [3.05, 3.63) is 29.3 Å². The SMILES string of the molecule is COc1ccc(C)cc1C(=O)OCC(=O)NCC12CC3CC(CC(C3)C1)C2. The smallest absolute Gasteiger partial charge is 0.342 e. The summed E-state index contributed by atoms with van der Waals surface area (Å²) in [5, 5.41) is 3.04. The molecule has 146 valence electrons. The van der Waals surface area contributed by atoms with Gasteiger partial charge in [-0.15, -0.1) is 0 Å². The van der Waals surface area contributed by atoms with Crippen LogP contribution in [0.25, 0.3) is 0 Å². The lowest BCUT2D eigenvalue weighted by atomic mass is 9.49. The van der Waals surface area contributed by atoms with Crippen LogP contribution < -0.4 is 10.1 Å². The highest BCUT2D eigenvalue weighted by atomic mass is 16.5. The molecule has 0 aliphatic heterocycles. The minimum absolute atomic E-state index is 0.217. The number of methoxy groups -OCH3 is 1. The van der Waals surface area contributed by atoms with Crippen molar-refractivity contribution in [2.24, 2.45) is 23.2 Å². The summed E-state index contributed by atoms with van der Waals surface area (Å²) >= 11 is 0. The van der Waals surface area contributed by atoms with E-state index in [2.05, 4.69) is 5.32 Å². The highest BCUT2D eigenvalue weighted by Crippen LogP contribution is 2.59. The molecule has 5 rings (SSSR count). The van der Waals surface area contributed by atoms with E-state index in [1.54, 1.807) is 12.1 Å². The van der Waals surface area contributed by atoms with Crippen LogP contribution in [0.2, 0.25) is 0 Å². The fourth-order valence-corrected chi connectivity index (χ4v) is 6.03. The lowest BCUT2D eigenvalue weighted by molar-refractivity contribution is -0.126. The van der Waals surface area contributed by atoms with E-state index in [0.717, 1.165) is 29.9 Å². The van der Waals surface area contributed by atoms with Crippen LogP contribution in [0.4, 0.5) is 0 Å². The average molecular weight is 371 g/mol. The topological polar surface area (TPSA) is 64.6 Å². The Morgan fingerprint density at radius 1 is 1.11 bits per heavy atom. The number of ether oxygens (including phenoxy) is 2. The summed E-state index contributed by atoms with van der Waals surface area (Å²) in [6.07, 6.45) is 7.92. The first-order valence-electron chi connectivity index (χ1n) is 10.0. The highest BCUT2D eigenvalue weighted by molar-refractivity contribution is 5.94. The predicted octanol–water partition coefficient (Wildman–Crippen LogP) is 3.49. The van der Waals surface area contributed by atoms with E-state index in [0.29, 0.717) is 11.3 Å². The summed E-state index contributed by atoms with van der Waals surface area (Å²) in [7, 11) is 1.51. The number of rotatable bonds is 6. The molecule has 5 nitrogen and oxygen atoms in total. The maximum absolute atomic E-state index is 12.3. The first-order chi connectivity index (χ1) is 13.0. The zero-order valence-corrected chi connectivity index (χ0v) is 16.3. The van der Waals surface area contributed by atoms with Crippen LogP contribution >= 0.6 is 0 Å². The monoisotopic (exact) mass is 371 g/mol. The van der Waals surface area contributed by atoms with Gasteiger partial charge in [-0.3, -0.25) is 4.79 Å². The second-order valence-corrected chi connectivity index (χ2v) is 8.97. The summed E-state index contributed by atoms with van der Waals surface area (Å²) < 4.78 is 10.4. The first kappa shape index (κ1) is 18.3. The molecular formula is C22H29NO4. The third-order valence-corrected chi connectivity index (χ3v) is 6.73. The fraction of sp³-hybridized carbons (Fsp3) is 0.636. The minimum atomic E-state index is -0.527. The van der Waals surface area contributed by atoms with Crippen LogP contribution in [-0.4, -0.2) is 32.1 Å². The zero-order valence-electron chi connectivity index (χ0n) is 16.3. The van der Waals surface area contributed by atoms with Crippen molar-refractivity contribution >= 4 is 11.9 Å². The van der Waals surface area contributed by atoms with E-state index in [1.807, 2.05) is 13.0 Å². The number of carbonyl (C=O) groups is 2. The third kappa shape index (κ3) is 3.83. The van der Waals surface area contributed by atoms with Crippen LogP contribution in [0, 0.1) is 30.1 Å². The first-order valence-corrected chi connectivity index (χ1v) is 10.0. The molecule has 0 spiro atoms. The van der Waals surface area contributed by atoms with Gasteiger partial charge in [0, 0.05) is 6.54 Å². The van der Waals surface area contributed by atoms with Crippen molar-refractivity contribution in [1.29, 1.82) is 0 Å². The Kier molecular flexibility index (Phi) is 4.87. The van der Waals surface area contributed by atoms with Gasteiger partial charge in [-0.05, 0) is 80.8 Å². The summed E-state index contributed by atoms with van der Waals surface area (Å²) in [5.41, 5.74) is 1.58. The number of hydrogen-bond donors (Lipinski definition) is 1. The molecule has 4 bridgehead atoms. The molecule has 0 atom stereocenters. The van der Waals surface area contributed by atoms with Gasteiger partial charge in [0.2, 0.25) is 0 Å². The van der Waals surface area contributed by atoms with Gasteiger partial charge in [-0.25, -0.2) is 4.79 Å². The number of amides is 1. The van der Waals surface area contributed by atoms with Gasteiger partial charge >= 0.3 is 5.97 Å². The molecule has 4 fully saturated rings. The molecule has 1 aromatic rings. The lowest BCUT2D eigenvalue weighted by Crippen LogP contribution is -2.51. The van der Waals surface area contributed by atoms with Crippen LogP contribution in [0.5, 0.6) is 5.75 Å². The molecule has 0 aromatic heterocycles. The third-order valence-electron chi connectivity index (χ3n) is 6.73. The van der Waals surface area contributed by atoms with Gasteiger partial charge in [0.05, 0.1) is 7.11 Å². The lowest BCUT2D eigenvalue weighted by Gasteiger charge is -2.56. The number of carbonyl (C=O) groups excluding carboxylic acids is 2. The summed E-state index contributed by atoms with van der Waals surface area (Å²) in [6, 6.07) is 5.32. The van der Waals surface area contributed by atoms with Crippen LogP contribution in [0.15, 0.2) is 18.2 Å². The molecule has 4 saturated carbocycles. The van der Waals surface area contributed by atoms with Crippen molar-refractivity contribution in [3.63, 3.8) is 0 Å². The molecule has 4 aliphatic carbocycles. The Hall–Kier alpha value is -2.04. The molecule has 5 heteroatoms. The van der Waals surface area contributed by atoms with E-state index >= 15 is 0 Å². The molecule has 4 aliphatic rings. The molecule has 0 heterocycles. The normalized spacial score (nSPS) is 30.8. The van der Waals surface area contributed by atoms with Gasteiger partial charge in [0.25, 0.3) is 5.91 Å². The standard InChI is InChI=1S/C22H29NO4/c1-14-3-4-19(26-2)18(5-14)21(25)27-12-20(24)23-13-22-9-15-6-16(10-22)8-17(7-15)11-22/h3-5,15-17H,6-13H2,1-2H3,(H,23,24). The maximum Gasteiger partial charge on any atom is 0.342 e. The Labute approximate surface area is 160 Å². The maximum atomic E-state index is 12.3. The fourth-order valence-electron chi connectivity index (χ4n) is 6.03. The van der Waals surface area contributed by atoms with Gasteiger partial charge in [0.1, 0.15) is 11.3 Å². The minimum Gasteiger partial charge on any atom is -0.496 e. The van der Waals surface area contributed by atoms with Crippen molar-refractivity contribution < 1.29 is 19.1 Å². The molecule has 27 heavy (non-hydrogen) atoms. The quantitative estimate of drug-likeness (QED) is 0.778. The van der Waals surface area contributed by atoms with Crippen LogP contribution in [0.1, 0.15) is 54.4 Å². The summed E-state index contributed by atoms with van der Waals surface area (Å²) in [6.45, 7) is 2.37. The number of benzene rings is 1. The second-order valence-electron chi connectivity index (χ2n) is 8.97. The molecule has 1 N–H and O–H groups in total. The van der Waals surface area contributed by atoms with Crippen molar-refractivity contribution in [2.45, 2.75) is 45.4 Å². The van der Waals surface area contributed by atoms with Gasteiger partial charge in [-0.1, -0.05) is 11.6 Å². The molecule has 1 aromatic carbocycles. The largest absolute Gasteiger partial charge is 0.496 e. The average Bonchev–Trinajstić information content (AvgIpc) is 2.63. The Bertz CT molecular complexity index is 707. The van der Waals surface area contributed by atoms with E-state index in [9.17, 15) is 9.59 Å². The summed E-state index contributed by atoms with van der Waals surface area (Å²) in [5.74, 6) is 2.30. The van der Waals surface area contributed by atoms with Crippen molar-refractivity contribution in [3.8, 4) is 5.75 Å². The van der Waals surface area contributed by atoms with E-state index < -0.39 is 5.97 Å². The molecule has 0 radical (unpaired) electrons. The van der Waals surface area contributed by atoms with Gasteiger partial charge in [0.15, 0.2) is 6.61 Å². The van der Waals surface area contributed by atoms with Gasteiger partial charge in [-0.2, -0.15) is 0 Å². The number of nitrogens with one attached hydrogen (secondary N) is 1. The number of aryl methyl sites for hydroxylation is 1. The van der Waals surface area contributed by atoms with Crippen molar-refractivity contribution in [2.75, 3.05) is 20.3 Å². The van der Waals surface area contributed by atoms with E-state index in [1.165, 1.54) is 45.6 Å². The highest BCUT2D eigenvalue weighted by Gasteiger charge is 2.50. The molecular weight excluding hydrogens is 342 g/mol. The summed E-state index contributed by atoms with van der Waals surface area (Å²) in [4.78, 5) is 24.6. The second kappa shape index (κ2) is 7.17. The number of hydrogen-bond acceptors (Lipinski definition) is 4. The Balaban J connectivity index is 1.29. The zero-order chi connectivity index (χ0) is 19.0. The van der Waals surface area contributed by atoms with E-state index in [4.69, 9.17) is 9.47 Å². The van der Waals surface area contributed by atoms with Crippen LogP contribution in [-0.2, 0) is 9.53 Å². The molecule has 0 unspecified atom stereocenters. The molecule has 1 amide bonds. The molecule has 0 saturated heterocycles. The van der Waals surface area contributed by atoms with Gasteiger partial charge < -0.3 is 14.8 Å².